The average molecular weight is 457 g/mol. The molecule has 150 valence electrons. The van der Waals surface area contributed by atoms with Crippen molar-refractivity contribution in [3.05, 3.63) is 88.3 Å². The first kappa shape index (κ1) is 20.2. The van der Waals surface area contributed by atoms with Crippen LogP contribution in [0.1, 0.15) is 16.1 Å². The molecule has 2 heterocycles. The summed E-state index contributed by atoms with van der Waals surface area (Å²) in [5.41, 5.74) is 5.05. The van der Waals surface area contributed by atoms with Crippen LogP contribution in [0.15, 0.2) is 76.4 Å². The summed E-state index contributed by atoms with van der Waals surface area (Å²) in [7, 11) is 0. The summed E-state index contributed by atoms with van der Waals surface area (Å²) in [5, 5.41) is 9.29. The first-order valence-corrected chi connectivity index (χ1v) is 10.3. The lowest BCUT2D eigenvalue weighted by molar-refractivity contribution is 0.0997. The number of hydrazone groups is 1. The number of anilines is 2. The van der Waals surface area contributed by atoms with E-state index in [1.165, 1.54) is 17.6 Å². The molecule has 0 saturated heterocycles. The van der Waals surface area contributed by atoms with Crippen molar-refractivity contribution >= 4 is 56.8 Å². The van der Waals surface area contributed by atoms with E-state index < -0.39 is 0 Å². The van der Waals surface area contributed by atoms with Crippen molar-refractivity contribution in [1.82, 2.24) is 4.98 Å². The van der Waals surface area contributed by atoms with Crippen LogP contribution in [0.3, 0.4) is 0 Å². The number of aromatic nitrogens is 1. The Hall–Kier alpha value is -3.13. The molecular weight excluding hydrogens is 443 g/mol. The van der Waals surface area contributed by atoms with E-state index in [9.17, 15) is 4.79 Å². The standard InChI is InChI=1S/C21H14Cl2N4O2S/c22-15-9-7-13(8-10-15)18-20(26-19(28)17-6-3-11-29-17)30-21(25-18)27-24-12-14-4-1-2-5-16(14)23/h1-12H,(H,25,27)(H,26,28). The van der Waals surface area contributed by atoms with E-state index in [0.29, 0.717) is 25.9 Å². The van der Waals surface area contributed by atoms with Crippen LogP contribution in [-0.2, 0) is 0 Å². The highest BCUT2D eigenvalue weighted by molar-refractivity contribution is 7.20. The molecule has 2 aromatic carbocycles. The van der Waals surface area contributed by atoms with Crippen LogP contribution in [0.25, 0.3) is 11.3 Å². The third-order valence-corrected chi connectivity index (χ3v) is 5.46. The van der Waals surface area contributed by atoms with Gasteiger partial charge < -0.3 is 9.73 Å². The molecule has 0 spiro atoms. The predicted octanol–water partition coefficient (Wildman–Crippen LogP) is 6.41. The summed E-state index contributed by atoms with van der Waals surface area (Å²) in [5.74, 6) is -0.165. The van der Waals surface area contributed by atoms with Gasteiger partial charge in [0.2, 0.25) is 5.13 Å². The van der Waals surface area contributed by atoms with Gasteiger partial charge in [0.15, 0.2) is 5.76 Å². The molecule has 0 aliphatic rings. The second-order valence-corrected chi connectivity index (χ2v) is 7.87. The number of nitrogens with one attached hydrogen (secondary N) is 2. The molecule has 0 radical (unpaired) electrons. The van der Waals surface area contributed by atoms with Crippen molar-refractivity contribution in [1.29, 1.82) is 0 Å². The number of thiazole rings is 1. The number of hydrogen-bond donors (Lipinski definition) is 2. The monoisotopic (exact) mass is 456 g/mol. The molecular formula is C21H14Cl2N4O2S. The van der Waals surface area contributed by atoms with E-state index in [4.69, 9.17) is 27.6 Å². The molecule has 30 heavy (non-hydrogen) atoms. The van der Waals surface area contributed by atoms with E-state index in [1.54, 1.807) is 36.5 Å². The molecule has 9 heteroatoms. The van der Waals surface area contributed by atoms with Crippen LogP contribution < -0.4 is 10.7 Å². The van der Waals surface area contributed by atoms with Gasteiger partial charge in [-0.15, -0.1) is 0 Å². The number of nitrogens with zero attached hydrogens (tertiary/aromatic N) is 2. The maximum atomic E-state index is 12.4. The SMILES string of the molecule is O=C(Nc1sc(NN=Cc2ccccc2Cl)nc1-c1ccc(Cl)cc1)c1ccco1. The van der Waals surface area contributed by atoms with Gasteiger partial charge in [0.1, 0.15) is 10.7 Å². The number of benzene rings is 2. The first-order valence-electron chi connectivity index (χ1n) is 8.75. The Balaban J connectivity index is 1.60. The zero-order valence-corrected chi connectivity index (χ0v) is 17.6. The molecule has 0 unspecified atom stereocenters. The summed E-state index contributed by atoms with van der Waals surface area (Å²) >= 11 is 13.4. The van der Waals surface area contributed by atoms with Crippen molar-refractivity contribution in [2.24, 2.45) is 5.10 Å². The normalized spacial score (nSPS) is 11.0. The molecule has 4 rings (SSSR count). The molecule has 0 bridgehead atoms. The summed E-state index contributed by atoms with van der Waals surface area (Å²) < 4.78 is 5.16. The van der Waals surface area contributed by atoms with Crippen molar-refractivity contribution in [3.8, 4) is 11.3 Å². The Kier molecular flexibility index (Phi) is 6.13. The zero-order chi connectivity index (χ0) is 20.9. The molecule has 6 nitrogen and oxygen atoms in total. The van der Waals surface area contributed by atoms with Gasteiger partial charge in [0, 0.05) is 21.2 Å². The van der Waals surface area contributed by atoms with Crippen molar-refractivity contribution in [2.75, 3.05) is 10.7 Å². The number of furan rings is 1. The first-order chi connectivity index (χ1) is 14.6. The van der Waals surface area contributed by atoms with Gasteiger partial charge in [0.05, 0.1) is 12.5 Å². The fourth-order valence-electron chi connectivity index (χ4n) is 2.57. The molecule has 0 aliphatic carbocycles. The number of carbonyl (C=O) groups excluding carboxylic acids is 1. The molecule has 0 saturated carbocycles. The van der Waals surface area contributed by atoms with Gasteiger partial charge in [-0.05, 0) is 30.3 Å². The average Bonchev–Trinajstić information content (AvgIpc) is 3.41. The molecule has 4 aromatic rings. The van der Waals surface area contributed by atoms with Crippen molar-refractivity contribution in [3.63, 3.8) is 0 Å². The minimum atomic E-state index is -0.370. The lowest BCUT2D eigenvalue weighted by Gasteiger charge is -2.03. The van der Waals surface area contributed by atoms with Gasteiger partial charge >= 0.3 is 0 Å². The van der Waals surface area contributed by atoms with E-state index in [0.717, 1.165) is 11.1 Å². The summed E-state index contributed by atoms with van der Waals surface area (Å²) in [6, 6.07) is 17.8. The van der Waals surface area contributed by atoms with Gasteiger partial charge in [-0.3, -0.25) is 10.2 Å². The fourth-order valence-corrected chi connectivity index (χ4v) is 3.71. The highest BCUT2D eigenvalue weighted by atomic mass is 35.5. The second-order valence-electron chi connectivity index (χ2n) is 6.03. The molecule has 1 amide bonds. The number of halogens is 2. The van der Waals surface area contributed by atoms with E-state index in [-0.39, 0.29) is 11.7 Å². The second kappa shape index (κ2) is 9.13. The Morgan fingerprint density at radius 3 is 2.60 bits per heavy atom. The number of amides is 1. The van der Waals surface area contributed by atoms with Crippen LogP contribution in [0.5, 0.6) is 0 Å². The maximum Gasteiger partial charge on any atom is 0.292 e. The number of carbonyl (C=O) groups is 1. The van der Waals surface area contributed by atoms with E-state index in [1.807, 2.05) is 30.3 Å². The molecule has 0 atom stereocenters. The number of rotatable bonds is 6. The van der Waals surface area contributed by atoms with Crippen LogP contribution in [0.2, 0.25) is 10.0 Å². The van der Waals surface area contributed by atoms with Gasteiger partial charge in [-0.2, -0.15) is 5.10 Å². The zero-order valence-electron chi connectivity index (χ0n) is 15.3. The lowest BCUT2D eigenvalue weighted by atomic mass is 10.1. The summed E-state index contributed by atoms with van der Waals surface area (Å²) in [4.78, 5) is 17.0. The molecule has 2 N–H and O–H groups in total. The summed E-state index contributed by atoms with van der Waals surface area (Å²) in [6.45, 7) is 0. The predicted molar refractivity (Wildman–Crippen MR) is 122 cm³/mol. The molecule has 0 fully saturated rings. The Labute approximate surface area is 186 Å². The van der Waals surface area contributed by atoms with Crippen LogP contribution >= 0.6 is 34.5 Å². The maximum absolute atomic E-state index is 12.4. The van der Waals surface area contributed by atoms with Crippen LogP contribution in [0, 0.1) is 0 Å². The topological polar surface area (TPSA) is 79.5 Å². The summed E-state index contributed by atoms with van der Waals surface area (Å²) in [6.07, 6.45) is 3.05. The van der Waals surface area contributed by atoms with E-state index >= 15 is 0 Å². The Morgan fingerprint density at radius 2 is 1.87 bits per heavy atom. The Bertz CT molecular complexity index is 1190. The third-order valence-electron chi connectivity index (χ3n) is 3.99. The Morgan fingerprint density at radius 1 is 1.07 bits per heavy atom. The smallest absolute Gasteiger partial charge is 0.292 e. The van der Waals surface area contributed by atoms with Crippen molar-refractivity contribution in [2.45, 2.75) is 0 Å². The van der Waals surface area contributed by atoms with Crippen LogP contribution in [0.4, 0.5) is 10.1 Å². The van der Waals surface area contributed by atoms with E-state index in [2.05, 4.69) is 20.8 Å². The fraction of sp³-hybridized carbons (Fsp3) is 0. The van der Waals surface area contributed by atoms with Gasteiger partial charge in [0.25, 0.3) is 5.91 Å². The largest absolute Gasteiger partial charge is 0.459 e. The molecule has 0 aliphatic heterocycles. The lowest BCUT2D eigenvalue weighted by Crippen LogP contribution is -2.10. The highest BCUT2D eigenvalue weighted by Gasteiger charge is 2.17. The molecule has 2 aromatic heterocycles. The quantitative estimate of drug-likeness (QED) is 0.259. The minimum Gasteiger partial charge on any atom is -0.459 e. The third kappa shape index (κ3) is 4.71. The number of hydrogen-bond acceptors (Lipinski definition) is 6. The highest BCUT2D eigenvalue weighted by Crippen LogP contribution is 2.36. The van der Waals surface area contributed by atoms with Crippen LogP contribution in [-0.4, -0.2) is 17.1 Å². The minimum absolute atomic E-state index is 0.205. The van der Waals surface area contributed by atoms with Crippen molar-refractivity contribution < 1.29 is 9.21 Å². The van der Waals surface area contributed by atoms with Gasteiger partial charge in [-0.25, -0.2) is 4.98 Å². The van der Waals surface area contributed by atoms with Gasteiger partial charge in [-0.1, -0.05) is 64.9 Å².